The third kappa shape index (κ3) is 2.37. The van der Waals surface area contributed by atoms with Gasteiger partial charge in [0.15, 0.2) is 0 Å². The van der Waals surface area contributed by atoms with E-state index in [0.29, 0.717) is 5.95 Å². The van der Waals surface area contributed by atoms with Crippen LogP contribution in [0, 0.1) is 0 Å². The summed E-state index contributed by atoms with van der Waals surface area (Å²) < 4.78 is 2.68. The molecule has 0 unspecified atom stereocenters. The summed E-state index contributed by atoms with van der Waals surface area (Å²) in [4.78, 5) is 4.26. The summed E-state index contributed by atoms with van der Waals surface area (Å²) in [6, 6.07) is 15.6. The molecule has 2 N–H and O–H groups in total. The number of anilines is 1. The fourth-order valence-corrected chi connectivity index (χ4v) is 2.09. The zero-order valence-corrected chi connectivity index (χ0v) is 11.6. The van der Waals surface area contributed by atoms with Gasteiger partial charge in [0.2, 0.25) is 5.95 Å². The van der Waals surface area contributed by atoms with E-state index in [2.05, 4.69) is 26.0 Å². The lowest BCUT2D eigenvalue weighted by molar-refractivity contribution is 0.931. The first-order valence-corrected chi connectivity index (χ1v) is 6.56. The Bertz CT molecular complexity index is 744. The zero-order chi connectivity index (χ0) is 13.2. The van der Waals surface area contributed by atoms with E-state index in [0.717, 1.165) is 21.1 Å². The van der Waals surface area contributed by atoms with Crippen LogP contribution in [-0.4, -0.2) is 15.9 Å². The van der Waals surface area contributed by atoms with E-state index < -0.39 is 0 Å². The van der Waals surface area contributed by atoms with E-state index >= 15 is 0 Å². The van der Waals surface area contributed by atoms with Crippen LogP contribution in [0.1, 0.15) is 5.56 Å². The molecule has 5 heteroatoms. The third-order valence-corrected chi connectivity index (χ3v) is 3.28. The Labute approximate surface area is 118 Å². The van der Waals surface area contributed by atoms with Crippen LogP contribution in [-0.2, 0) is 0 Å². The highest BCUT2D eigenvalue weighted by Gasteiger charge is 2.05. The second-order valence-corrected chi connectivity index (χ2v) is 4.98. The Kier molecular flexibility index (Phi) is 3.05. The summed E-state index contributed by atoms with van der Waals surface area (Å²) in [6.07, 6.45) is 1.76. The second kappa shape index (κ2) is 4.85. The van der Waals surface area contributed by atoms with Crippen molar-refractivity contribution >= 4 is 39.1 Å². The standard InChI is InChI=1S/C14H11BrN4/c15-11-7-5-10(6-8-11)9-17-19-13-4-2-1-3-12(13)18-14(19)16/h1-9H,(H2,16,18)/b17-9+. The lowest BCUT2D eigenvalue weighted by atomic mass is 10.2. The Morgan fingerprint density at radius 2 is 1.84 bits per heavy atom. The highest BCUT2D eigenvalue weighted by molar-refractivity contribution is 9.10. The number of rotatable bonds is 2. The van der Waals surface area contributed by atoms with Crippen molar-refractivity contribution in [3.05, 3.63) is 58.6 Å². The number of aromatic nitrogens is 2. The fourth-order valence-electron chi connectivity index (χ4n) is 1.83. The number of hydrogen-bond acceptors (Lipinski definition) is 3. The predicted octanol–water partition coefficient (Wildman–Crippen LogP) is 3.26. The van der Waals surface area contributed by atoms with Crippen molar-refractivity contribution in [3.63, 3.8) is 0 Å². The first kappa shape index (κ1) is 11.9. The normalized spacial score (nSPS) is 11.4. The molecule has 0 amide bonds. The van der Waals surface area contributed by atoms with Crippen molar-refractivity contribution in [2.45, 2.75) is 0 Å². The number of benzene rings is 2. The van der Waals surface area contributed by atoms with Crippen molar-refractivity contribution in [1.82, 2.24) is 9.66 Å². The molecule has 94 valence electrons. The van der Waals surface area contributed by atoms with E-state index in [9.17, 15) is 0 Å². The SMILES string of the molecule is Nc1nc2ccccc2n1/N=C/c1ccc(Br)cc1. The van der Waals surface area contributed by atoms with Crippen LogP contribution < -0.4 is 5.73 Å². The van der Waals surface area contributed by atoms with Gasteiger partial charge in [0.25, 0.3) is 0 Å². The van der Waals surface area contributed by atoms with E-state index in [1.54, 1.807) is 10.9 Å². The van der Waals surface area contributed by atoms with Gasteiger partial charge in [-0.1, -0.05) is 40.2 Å². The van der Waals surface area contributed by atoms with Crippen molar-refractivity contribution in [1.29, 1.82) is 0 Å². The molecule has 0 aliphatic carbocycles. The number of imidazole rings is 1. The summed E-state index contributed by atoms with van der Waals surface area (Å²) in [5, 5.41) is 4.38. The van der Waals surface area contributed by atoms with Crippen molar-refractivity contribution in [3.8, 4) is 0 Å². The molecule has 1 aromatic heterocycles. The van der Waals surface area contributed by atoms with Gasteiger partial charge in [-0.25, -0.2) is 4.98 Å². The Hall–Kier alpha value is -2.14. The van der Waals surface area contributed by atoms with Gasteiger partial charge < -0.3 is 5.73 Å². The van der Waals surface area contributed by atoms with E-state index in [1.165, 1.54) is 0 Å². The summed E-state index contributed by atoms with van der Waals surface area (Å²) in [5.41, 5.74) is 8.61. The monoisotopic (exact) mass is 314 g/mol. The van der Waals surface area contributed by atoms with Crippen molar-refractivity contribution in [2.75, 3.05) is 5.73 Å². The Morgan fingerprint density at radius 1 is 1.11 bits per heavy atom. The molecular formula is C14H11BrN4. The molecule has 0 atom stereocenters. The maximum absolute atomic E-state index is 5.87. The number of para-hydroxylation sites is 2. The maximum atomic E-state index is 5.87. The highest BCUT2D eigenvalue weighted by atomic mass is 79.9. The summed E-state index contributed by atoms with van der Waals surface area (Å²) in [5.74, 6) is 0.384. The van der Waals surface area contributed by atoms with Gasteiger partial charge in [-0.3, -0.25) is 0 Å². The lowest BCUT2D eigenvalue weighted by Crippen LogP contribution is -1.97. The molecule has 19 heavy (non-hydrogen) atoms. The zero-order valence-electron chi connectivity index (χ0n) is 9.99. The van der Waals surface area contributed by atoms with Gasteiger partial charge in [-0.05, 0) is 29.8 Å². The molecular weight excluding hydrogens is 304 g/mol. The fraction of sp³-hybridized carbons (Fsp3) is 0. The minimum atomic E-state index is 0.384. The number of nitrogen functional groups attached to an aromatic ring is 1. The van der Waals surface area contributed by atoms with Gasteiger partial charge in [-0.15, -0.1) is 0 Å². The van der Waals surface area contributed by atoms with Crippen LogP contribution >= 0.6 is 15.9 Å². The molecule has 0 radical (unpaired) electrons. The molecule has 0 spiro atoms. The molecule has 0 fully saturated rings. The average molecular weight is 315 g/mol. The Balaban J connectivity index is 2.01. The molecule has 0 bridgehead atoms. The maximum Gasteiger partial charge on any atom is 0.222 e. The van der Waals surface area contributed by atoms with E-state index in [4.69, 9.17) is 5.73 Å². The Morgan fingerprint density at radius 3 is 2.63 bits per heavy atom. The van der Waals surface area contributed by atoms with Crippen molar-refractivity contribution in [2.24, 2.45) is 5.10 Å². The van der Waals surface area contributed by atoms with Crippen LogP contribution in [0.3, 0.4) is 0 Å². The van der Waals surface area contributed by atoms with Crippen LogP contribution in [0.15, 0.2) is 58.1 Å². The molecule has 0 aliphatic rings. The van der Waals surface area contributed by atoms with Crippen LogP contribution in [0.2, 0.25) is 0 Å². The lowest BCUT2D eigenvalue weighted by Gasteiger charge is -1.98. The van der Waals surface area contributed by atoms with E-state index in [1.807, 2.05) is 48.5 Å². The molecule has 4 nitrogen and oxygen atoms in total. The summed E-state index contributed by atoms with van der Waals surface area (Å²) >= 11 is 3.40. The number of nitrogens with zero attached hydrogens (tertiary/aromatic N) is 3. The molecule has 0 saturated carbocycles. The minimum absolute atomic E-state index is 0.384. The molecule has 0 saturated heterocycles. The van der Waals surface area contributed by atoms with Crippen LogP contribution in [0.25, 0.3) is 11.0 Å². The number of halogens is 1. The quantitative estimate of drug-likeness (QED) is 0.738. The van der Waals surface area contributed by atoms with Gasteiger partial charge in [-0.2, -0.15) is 9.78 Å². The molecule has 0 aliphatic heterocycles. The topological polar surface area (TPSA) is 56.2 Å². The van der Waals surface area contributed by atoms with Crippen LogP contribution in [0.5, 0.6) is 0 Å². The minimum Gasteiger partial charge on any atom is -0.368 e. The van der Waals surface area contributed by atoms with Gasteiger partial charge in [0, 0.05) is 4.47 Å². The second-order valence-electron chi connectivity index (χ2n) is 4.07. The largest absolute Gasteiger partial charge is 0.368 e. The average Bonchev–Trinajstić information content (AvgIpc) is 2.74. The molecule has 2 aromatic carbocycles. The van der Waals surface area contributed by atoms with Gasteiger partial charge in [0.05, 0.1) is 17.2 Å². The number of nitrogens with two attached hydrogens (primary N) is 1. The smallest absolute Gasteiger partial charge is 0.222 e. The predicted molar refractivity (Wildman–Crippen MR) is 81.3 cm³/mol. The first-order valence-electron chi connectivity index (χ1n) is 5.77. The number of fused-ring (bicyclic) bond motifs is 1. The summed E-state index contributed by atoms with van der Waals surface area (Å²) in [7, 11) is 0. The van der Waals surface area contributed by atoms with Crippen molar-refractivity contribution < 1.29 is 0 Å². The van der Waals surface area contributed by atoms with Gasteiger partial charge >= 0.3 is 0 Å². The van der Waals surface area contributed by atoms with Gasteiger partial charge in [0.1, 0.15) is 0 Å². The third-order valence-electron chi connectivity index (χ3n) is 2.75. The highest BCUT2D eigenvalue weighted by Crippen LogP contribution is 2.17. The van der Waals surface area contributed by atoms with E-state index in [-0.39, 0.29) is 0 Å². The van der Waals surface area contributed by atoms with Crippen LogP contribution in [0.4, 0.5) is 5.95 Å². The molecule has 3 aromatic rings. The first-order chi connectivity index (χ1) is 9.24. The summed E-state index contributed by atoms with van der Waals surface area (Å²) in [6.45, 7) is 0. The number of hydrogen-bond donors (Lipinski definition) is 1. The molecule has 1 heterocycles. The molecule has 3 rings (SSSR count).